The summed E-state index contributed by atoms with van der Waals surface area (Å²) in [6.45, 7) is 3.83. The molecule has 1 fully saturated rings. The molecule has 0 bridgehead atoms. The molecule has 1 aliphatic heterocycles. The van der Waals surface area contributed by atoms with Gasteiger partial charge in [0.15, 0.2) is 0 Å². The monoisotopic (exact) mass is 347 g/mol. The first-order valence-electron chi connectivity index (χ1n) is 8.11. The standard InChI is InChI=1S/C17H19F2N5O/c1-11-9-12(22-16(21-11)24-7-2-3-8-24)10-20-17(25)23-15-13(18)5-4-6-14(15)19/h4-6,9H,2-3,7-8,10H2,1H3,(H2,20,23,25). The lowest BCUT2D eigenvalue weighted by molar-refractivity contribution is 0.251. The molecule has 1 saturated heterocycles. The summed E-state index contributed by atoms with van der Waals surface area (Å²) in [5, 5.41) is 4.73. The lowest BCUT2D eigenvalue weighted by atomic mass is 10.3. The number of hydrogen-bond acceptors (Lipinski definition) is 4. The van der Waals surface area contributed by atoms with Crippen LogP contribution in [0.25, 0.3) is 0 Å². The van der Waals surface area contributed by atoms with Crippen molar-refractivity contribution in [3.63, 3.8) is 0 Å². The number of nitrogens with zero attached hydrogens (tertiary/aromatic N) is 3. The summed E-state index contributed by atoms with van der Waals surface area (Å²) in [7, 11) is 0. The van der Waals surface area contributed by atoms with Crippen molar-refractivity contribution in [1.29, 1.82) is 0 Å². The van der Waals surface area contributed by atoms with Gasteiger partial charge in [-0.2, -0.15) is 0 Å². The molecule has 25 heavy (non-hydrogen) atoms. The number of carbonyl (C=O) groups excluding carboxylic acids is 1. The van der Waals surface area contributed by atoms with E-state index in [4.69, 9.17) is 0 Å². The topological polar surface area (TPSA) is 70.2 Å². The molecule has 2 N–H and O–H groups in total. The molecule has 1 aromatic heterocycles. The van der Waals surface area contributed by atoms with Crippen molar-refractivity contribution in [3.05, 3.63) is 47.3 Å². The number of halogens is 2. The van der Waals surface area contributed by atoms with Gasteiger partial charge in [0.05, 0.1) is 12.2 Å². The quantitative estimate of drug-likeness (QED) is 0.892. The van der Waals surface area contributed by atoms with Crippen LogP contribution in [-0.4, -0.2) is 29.1 Å². The fourth-order valence-electron chi connectivity index (χ4n) is 2.71. The molecular formula is C17H19F2N5O. The molecule has 6 nitrogen and oxygen atoms in total. The Kier molecular flexibility index (Phi) is 5.06. The van der Waals surface area contributed by atoms with E-state index >= 15 is 0 Å². The Labute approximate surface area is 144 Å². The van der Waals surface area contributed by atoms with Gasteiger partial charge in [0.25, 0.3) is 0 Å². The van der Waals surface area contributed by atoms with E-state index in [1.807, 2.05) is 6.92 Å². The first-order valence-corrected chi connectivity index (χ1v) is 8.11. The Morgan fingerprint density at radius 3 is 2.56 bits per heavy atom. The van der Waals surface area contributed by atoms with E-state index in [2.05, 4.69) is 25.5 Å². The fraction of sp³-hybridized carbons (Fsp3) is 0.353. The third kappa shape index (κ3) is 4.20. The molecule has 2 aromatic rings. The fourth-order valence-corrected chi connectivity index (χ4v) is 2.71. The molecule has 132 valence electrons. The van der Waals surface area contributed by atoms with Crippen molar-refractivity contribution >= 4 is 17.7 Å². The summed E-state index contributed by atoms with van der Waals surface area (Å²) >= 11 is 0. The zero-order valence-electron chi connectivity index (χ0n) is 13.9. The third-order valence-corrected chi connectivity index (χ3v) is 3.92. The van der Waals surface area contributed by atoms with Crippen LogP contribution < -0.4 is 15.5 Å². The molecule has 3 rings (SSSR count). The lowest BCUT2D eigenvalue weighted by Crippen LogP contribution is -2.30. The molecule has 0 spiro atoms. The van der Waals surface area contributed by atoms with Crippen LogP contribution in [0, 0.1) is 18.6 Å². The minimum Gasteiger partial charge on any atom is -0.341 e. The SMILES string of the molecule is Cc1cc(CNC(=O)Nc2c(F)cccc2F)nc(N2CCCC2)n1. The molecule has 0 saturated carbocycles. The van der Waals surface area contributed by atoms with Crippen molar-refractivity contribution in [2.45, 2.75) is 26.3 Å². The Bertz CT molecular complexity index is 757. The van der Waals surface area contributed by atoms with Crippen LogP contribution in [0.1, 0.15) is 24.2 Å². The number of nitrogens with one attached hydrogen (secondary N) is 2. The second-order valence-corrected chi connectivity index (χ2v) is 5.90. The largest absolute Gasteiger partial charge is 0.341 e. The van der Waals surface area contributed by atoms with Gasteiger partial charge in [0.2, 0.25) is 5.95 Å². The van der Waals surface area contributed by atoms with Crippen LogP contribution >= 0.6 is 0 Å². The minimum absolute atomic E-state index is 0.131. The number of aromatic nitrogens is 2. The molecule has 2 heterocycles. The zero-order chi connectivity index (χ0) is 17.8. The van der Waals surface area contributed by atoms with Crippen LogP contribution in [0.4, 0.5) is 25.2 Å². The van der Waals surface area contributed by atoms with Crippen molar-refractivity contribution < 1.29 is 13.6 Å². The Hall–Kier alpha value is -2.77. The number of amides is 2. The number of para-hydroxylation sites is 1. The van der Waals surface area contributed by atoms with Crippen molar-refractivity contribution in [2.75, 3.05) is 23.3 Å². The van der Waals surface area contributed by atoms with E-state index in [1.54, 1.807) is 6.07 Å². The lowest BCUT2D eigenvalue weighted by Gasteiger charge is -2.16. The number of carbonyl (C=O) groups is 1. The molecule has 2 amide bonds. The molecule has 0 radical (unpaired) electrons. The number of anilines is 2. The van der Waals surface area contributed by atoms with Gasteiger partial charge in [-0.1, -0.05) is 6.07 Å². The molecule has 0 atom stereocenters. The molecule has 0 unspecified atom stereocenters. The molecule has 1 aromatic carbocycles. The van der Waals surface area contributed by atoms with Crippen molar-refractivity contribution in [1.82, 2.24) is 15.3 Å². The van der Waals surface area contributed by atoms with Crippen LogP contribution in [0.2, 0.25) is 0 Å². The zero-order valence-corrected chi connectivity index (χ0v) is 13.9. The highest BCUT2D eigenvalue weighted by molar-refractivity contribution is 5.89. The maximum absolute atomic E-state index is 13.5. The maximum atomic E-state index is 13.5. The highest BCUT2D eigenvalue weighted by Crippen LogP contribution is 2.18. The van der Waals surface area contributed by atoms with Crippen LogP contribution in [0.5, 0.6) is 0 Å². The van der Waals surface area contributed by atoms with Gasteiger partial charge in [-0.05, 0) is 38.0 Å². The average Bonchev–Trinajstić information content (AvgIpc) is 3.11. The summed E-state index contributed by atoms with van der Waals surface area (Å²) in [5.74, 6) is -1.01. The highest BCUT2D eigenvalue weighted by Gasteiger charge is 2.16. The Morgan fingerprint density at radius 2 is 1.88 bits per heavy atom. The summed E-state index contributed by atoms with van der Waals surface area (Å²) in [6.07, 6.45) is 2.23. The summed E-state index contributed by atoms with van der Waals surface area (Å²) < 4.78 is 27.1. The number of aryl methyl sites for hydroxylation is 1. The summed E-state index contributed by atoms with van der Waals surface area (Å²) in [5.41, 5.74) is 0.962. The van der Waals surface area contributed by atoms with E-state index in [0.29, 0.717) is 11.6 Å². The number of hydrogen-bond donors (Lipinski definition) is 2. The van der Waals surface area contributed by atoms with Gasteiger partial charge in [-0.15, -0.1) is 0 Å². The highest BCUT2D eigenvalue weighted by atomic mass is 19.1. The first kappa shape index (κ1) is 17.1. The number of urea groups is 1. The van der Waals surface area contributed by atoms with Gasteiger partial charge in [-0.3, -0.25) is 0 Å². The van der Waals surface area contributed by atoms with E-state index < -0.39 is 23.4 Å². The van der Waals surface area contributed by atoms with Gasteiger partial charge in [0, 0.05) is 18.8 Å². The molecule has 1 aliphatic rings. The summed E-state index contributed by atoms with van der Waals surface area (Å²) in [4.78, 5) is 22.9. The van der Waals surface area contributed by atoms with E-state index in [-0.39, 0.29) is 6.54 Å². The smallest absolute Gasteiger partial charge is 0.319 e. The van der Waals surface area contributed by atoms with Crippen LogP contribution in [0.3, 0.4) is 0 Å². The van der Waals surface area contributed by atoms with Gasteiger partial charge in [0.1, 0.15) is 17.3 Å². The maximum Gasteiger partial charge on any atom is 0.319 e. The normalized spacial score (nSPS) is 13.8. The number of rotatable bonds is 4. The van der Waals surface area contributed by atoms with Crippen LogP contribution in [-0.2, 0) is 6.54 Å². The van der Waals surface area contributed by atoms with Crippen molar-refractivity contribution in [2.24, 2.45) is 0 Å². The molecular weight excluding hydrogens is 328 g/mol. The van der Waals surface area contributed by atoms with E-state index in [0.717, 1.165) is 43.8 Å². The van der Waals surface area contributed by atoms with E-state index in [9.17, 15) is 13.6 Å². The van der Waals surface area contributed by atoms with Gasteiger partial charge >= 0.3 is 6.03 Å². The molecule has 8 heteroatoms. The van der Waals surface area contributed by atoms with Gasteiger partial charge in [-0.25, -0.2) is 23.5 Å². The summed E-state index contributed by atoms with van der Waals surface area (Å²) in [6, 6.07) is 4.45. The van der Waals surface area contributed by atoms with E-state index in [1.165, 1.54) is 6.07 Å². The predicted octanol–water partition coefficient (Wildman–Crippen LogP) is 2.99. The number of benzene rings is 1. The Balaban J connectivity index is 1.64. The second-order valence-electron chi connectivity index (χ2n) is 5.90. The first-order chi connectivity index (χ1) is 12.0. The average molecular weight is 347 g/mol. The predicted molar refractivity (Wildman–Crippen MR) is 90.4 cm³/mol. The van der Waals surface area contributed by atoms with Crippen LogP contribution in [0.15, 0.2) is 24.3 Å². The van der Waals surface area contributed by atoms with Crippen molar-refractivity contribution in [3.8, 4) is 0 Å². The minimum atomic E-state index is -0.829. The Morgan fingerprint density at radius 1 is 1.20 bits per heavy atom. The third-order valence-electron chi connectivity index (χ3n) is 3.92. The second kappa shape index (κ2) is 7.42. The van der Waals surface area contributed by atoms with Gasteiger partial charge < -0.3 is 15.5 Å². The molecule has 0 aliphatic carbocycles.